The zero-order valence-corrected chi connectivity index (χ0v) is 21.3. The summed E-state index contributed by atoms with van der Waals surface area (Å²) in [5.74, 6) is 1.07. The standard InChI is InChI=1S/C25H31N5O2Si/c1-24(2,3)33(6,7)32-22-21(30-23(29-16-27)18-9-8-12-28-15-18)19-13-17(14-26)10-11-20(19)31-25(22,4)5/h8-13,15,21-22H,1-7H3,(H,29,30)/t21-,22+/m1/s1. The number of benzene rings is 1. The molecule has 8 heteroatoms. The first-order valence-corrected chi connectivity index (χ1v) is 13.8. The third-order valence-electron chi connectivity index (χ3n) is 6.45. The van der Waals surface area contributed by atoms with Crippen LogP contribution in [0.4, 0.5) is 0 Å². The molecule has 1 N–H and O–H groups in total. The van der Waals surface area contributed by atoms with Crippen molar-refractivity contribution in [3.05, 3.63) is 59.4 Å². The van der Waals surface area contributed by atoms with Gasteiger partial charge < -0.3 is 14.5 Å². The zero-order valence-electron chi connectivity index (χ0n) is 20.3. The van der Waals surface area contributed by atoms with Crippen molar-refractivity contribution in [1.82, 2.24) is 10.3 Å². The van der Waals surface area contributed by atoms with Crippen molar-refractivity contribution in [3.8, 4) is 18.0 Å². The number of nitriles is 2. The summed E-state index contributed by atoms with van der Waals surface area (Å²) < 4.78 is 13.3. The minimum Gasteiger partial charge on any atom is -0.485 e. The van der Waals surface area contributed by atoms with Gasteiger partial charge in [-0.15, -0.1) is 0 Å². The number of aliphatic imine (C=N–C) groups is 1. The lowest BCUT2D eigenvalue weighted by Gasteiger charge is -2.50. The molecule has 1 aliphatic heterocycles. The molecular formula is C25H31N5O2Si. The zero-order chi connectivity index (χ0) is 24.4. The Morgan fingerprint density at radius 3 is 2.55 bits per heavy atom. The molecule has 1 aromatic heterocycles. The molecule has 0 saturated carbocycles. The minimum atomic E-state index is -2.22. The van der Waals surface area contributed by atoms with Gasteiger partial charge in [0.2, 0.25) is 6.19 Å². The molecule has 0 radical (unpaired) electrons. The van der Waals surface area contributed by atoms with Gasteiger partial charge in [0, 0.05) is 23.5 Å². The van der Waals surface area contributed by atoms with E-state index in [0.29, 0.717) is 22.7 Å². The lowest BCUT2D eigenvalue weighted by Crippen LogP contribution is -2.59. The second kappa shape index (κ2) is 8.97. The van der Waals surface area contributed by atoms with Gasteiger partial charge in [0.25, 0.3) is 0 Å². The summed E-state index contributed by atoms with van der Waals surface area (Å²) in [7, 11) is -2.22. The first-order valence-electron chi connectivity index (χ1n) is 10.9. The van der Waals surface area contributed by atoms with Crippen molar-refractivity contribution in [3.63, 3.8) is 0 Å². The van der Waals surface area contributed by atoms with Gasteiger partial charge in [0.1, 0.15) is 23.3 Å². The van der Waals surface area contributed by atoms with Gasteiger partial charge in [-0.1, -0.05) is 20.8 Å². The van der Waals surface area contributed by atoms with Crippen LogP contribution in [-0.4, -0.2) is 30.8 Å². The van der Waals surface area contributed by atoms with Crippen molar-refractivity contribution >= 4 is 14.2 Å². The van der Waals surface area contributed by atoms with E-state index in [-0.39, 0.29) is 5.04 Å². The molecule has 1 aliphatic rings. The lowest BCUT2D eigenvalue weighted by atomic mass is 9.85. The molecule has 7 nitrogen and oxygen atoms in total. The van der Waals surface area contributed by atoms with Crippen LogP contribution in [0.3, 0.4) is 0 Å². The van der Waals surface area contributed by atoms with Crippen molar-refractivity contribution in [1.29, 1.82) is 10.5 Å². The summed E-state index contributed by atoms with van der Waals surface area (Å²) in [4.78, 5) is 8.22. The smallest absolute Gasteiger partial charge is 0.207 e. The third kappa shape index (κ3) is 5.08. The van der Waals surface area contributed by atoms with Gasteiger partial charge in [0.15, 0.2) is 8.32 Å². The first-order chi connectivity index (χ1) is 15.4. The molecule has 0 bridgehead atoms. The number of hydrogen-bond donors (Lipinski definition) is 1. The van der Waals surface area contributed by atoms with Gasteiger partial charge in [0.05, 0.1) is 17.7 Å². The number of ether oxygens (including phenoxy) is 1. The molecule has 0 aliphatic carbocycles. The van der Waals surface area contributed by atoms with Crippen LogP contribution >= 0.6 is 0 Å². The lowest BCUT2D eigenvalue weighted by molar-refractivity contribution is -0.0532. The van der Waals surface area contributed by atoms with Crippen LogP contribution in [0.15, 0.2) is 47.7 Å². The quantitative estimate of drug-likeness (QED) is 0.295. The SMILES string of the molecule is CC1(C)Oc2ccc(C#N)cc2[C@@H](NC(=NC#N)c2cccnc2)[C@@H]1O[Si](C)(C)C(C)(C)C. The number of amidine groups is 1. The minimum absolute atomic E-state index is 0.0185. The summed E-state index contributed by atoms with van der Waals surface area (Å²) in [5, 5.41) is 22.3. The van der Waals surface area contributed by atoms with E-state index in [1.807, 2.05) is 38.2 Å². The number of nitrogens with one attached hydrogen (secondary N) is 1. The maximum absolute atomic E-state index is 9.52. The fourth-order valence-electron chi connectivity index (χ4n) is 3.60. The van der Waals surface area contributed by atoms with Crippen molar-refractivity contribution in [2.75, 3.05) is 0 Å². The summed E-state index contributed by atoms with van der Waals surface area (Å²) >= 11 is 0. The van der Waals surface area contributed by atoms with Crippen LogP contribution in [-0.2, 0) is 4.43 Å². The molecule has 2 atom stereocenters. The van der Waals surface area contributed by atoms with Gasteiger partial charge in [-0.05, 0) is 62.3 Å². The van der Waals surface area contributed by atoms with E-state index in [2.05, 4.69) is 55.2 Å². The Labute approximate surface area is 197 Å². The van der Waals surface area contributed by atoms with E-state index in [9.17, 15) is 10.5 Å². The first kappa shape index (κ1) is 24.4. The summed E-state index contributed by atoms with van der Waals surface area (Å²) in [5.41, 5.74) is 1.33. The van der Waals surface area contributed by atoms with Crippen molar-refractivity contribution in [2.24, 2.45) is 4.99 Å². The highest BCUT2D eigenvalue weighted by Gasteiger charge is 2.50. The molecule has 1 aromatic carbocycles. The van der Waals surface area contributed by atoms with Gasteiger partial charge >= 0.3 is 0 Å². The van der Waals surface area contributed by atoms with E-state index < -0.39 is 26.1 Å². The maximum atomic E-state index is 9.52. The summed E-state index contributed by atoms with van der Waals surface area (Å²) in [6.07, 6.45) is 4.82. The summed E-state index contributed by atoms with van der Waals surface area (Å²) in [6.45, 7) is 15.0. The largest absolute Gasteiger partial charge is 0.485 e. The molecule has 0 amide bonds. The topological polar surface area (TPSA) is 103 Å². The van der Waals surface area contributed by atoms with E-state index in [0.717, 1.165) is 5.56 Å². The Balaban J connectivity index is 2.16. The normalized spacial score (nSPS) is 20.1. The van der Waals surface area contributed by atoms with E-state index in [4.69, 9.17) is 9.16 Å². The molecule has 0 unspecified atom stereocenters. The molecule has 0 saturated heterocycles. The number of pyridine rings is 1. The highest BCUT2D eigenvalue weighted by molar-refractivity contribution is 6.74. The van der Waals surface area contributed by atoms with E-state index >= 15 is 0 Å². The summed E-state index contributed by atoms with van der Waals surface area (Å²) in [6, 6.07) is 10.8. The van der Waals surface area contributed by atoms with Crippen LogP contribution in [0.25, 0.3) is 0 Å². The number of aromatic nitrogens is 1. The number of rotatable bonds is 4. The molecular weight excluding hydrogens is 430 g/mol. The van der Waals surface area contributed by atoms with Gasteiger partial charge in [-0.2, -0.15) is 15.5 Å². The second-order valence-corrected chi connectivity index (χ2v) is 15.0. The molecule has 172 valence electrons. The molecule has 2 aromatic rings. The number of nitrogens with zero attached hydrogens (tertiary/aromatic N) is 4. The van der Waals surface area contributed by atoms with Crippen LogP contribution in [0, 0.1) is 22.8 Å². The van der Waals surface area contributed by atoms with Crippen LogP contribution in [0.1, 0.15) is 57.4 Å². The molecule has 0 fully saturated rings. The van der Waals surface area contributed by atoms with E-state index in [1.54, 1.807) is 24.5 Å². The molecule has 3 rings (SSSR count). The van der Waals surface area contributed by atoms with E-state index in [1.165, 1.54) is 0 Å². The fraction of sp³-hybridized carbons (Fsp3) is 0.440. The monoisotopic (exact) mass is 461 g/mol. The second-order valence-electron chi connectivity index (χ2n) is 10.3. The Morgan fingerprint density at radius 1 is 1.24 bits per heavy atom. The average molecular weight is 462 g/mol. The Kier molecular flexibility index (Phi) is 6.65. The highest BCUT2D eigenvalue weighted by atomic mass is 28.4. The van der Waals surface area contributed by atoms with Crippen LogP contribution in [0.2, 0.25) is 18.1 Å². The predicted octanol–water partition coefficient (Wildman–Crippen LogP) is 5.07. The third-order valence-corrected chi connectivity index (χ3v) is 10.9. The molecule has 33 heavy (non-hydrogen) atoms. The molecule has 2 heterocycles. The fourth-order valence-corrected chi connectivity index (χ4v) is 5.01. The van der Waals surface area contributed by atoms with Crippen molar-refractivity contribution < 1.29 is 9.16 Å². The van der Waals surface area contributed by atoms with Crippen LogP contribution in [0.5, 0.6) is 5.75 Å². The van der Waals surface area contributed by atoms with Gasteiger partial charge in [-0.3, -0.25) is 4.98 Å². The van der Waals surface area contributed by atoms with Crippen LogP contribution < -0.4 is 10.1 Å². The predicted molar refractivity (Wildman–Crippen MR) is 130 cm³/mol. The van der Waals surface area contributed by atoms with Gasteiger partial charge in [-0.25, -0.2) is 0 Å². The number of fused-ring (bicyclic) bond motifs is 1. The maximum Gasteiger partial charge on any atom is 0.207 e. The number of hydrogen-bond acceptors (Lipinski definition) is 6. The Hall–Kier alpha value is -3.20. The average Bonchev–Trinajstić information content (AvgIpc) is 2.74. The Bertz CT molecular complexity index is 1120. The highest BCUT2D eigenvalue weighted by Crippen LogP contribution is 2.46. The Morgan fingerprint density at radius 2 is 1.97 bits per heavy atom. The van der Waals surface area contributed by atoms with Crippen molar-refractivity contribution in [2.45, 2.75) is 70.5 Å². The molecule has 0 spiro atoms.